The van der Waals surface area contributed by atoms with E-state index in [4.69, 9.17) is 0 Å². The maximum Gasteiger partial charge on any atom is 0.573 e. The molecule has 0 bridgehead atoms. The van der Waals surface area contributed by atoms with Crippen molar-refractivity contribution < 1.29 is 27.1 Å². The van der Waals surface area contributed by atoms with Crippen LogP contribution in [0.4, 0.5) is 17.6 Å². The highest BCUT2D eigenvalue weighted by Gasteiger charge is 2.32. The van der Waals surface area contributed by atoms with Crippen LogP contribution in [0.25, 0.3) is 0 Å². The molecule has 2 rings (SSSR count). The molecule has 1 fully saturated rings. The minimum atomic E-state index is -4.93. The number of carbonyl (C=O) groups excluding carboxylic acids is 1. The SMILES string of the molecule is CC.CC.CC.CC(=O)Cc1ccc(OC(F)(F)F)c(F)c1.CN1CCN(C)CC1. The zero-order valence-corrected chi connectivity index (χ0v) is 20.0. The van der Waals surface area contributed by atoms with Gasteiger partial charge in [0.1, 0.15) is 5.78 Å². The summed E-state index contributed by atoms with van der Waals surface area (Å²) in [4.78, 5) is 15.4. The van der Waals surface area contributed by atoms with E-state index < -0.39 is 17.9 Å². The molecule has 0 radical (unpaired) electrons. The average Bonchev–Trinajstić information content (AvgIpc) is 2.70. The second-order valence-corrected chi connectivity index (χ2v) is 5.80. The number of piperazine rings is 1. The lowest BCUT2D eigenvalue weighted by Gasteiger charge is -2.28. The van der Waals surface area contributed by atoms with Gasteiger partial charge in [0.05, 0.1) is 0 Å². The van der Waals surface area contributed by atoms with Gasteiger partial charge in [0.25, 0.3) is 0 Å². The monoisotopic (exact) mass is 440 g/mol. The third-order valence-electron chi connectivity index (χ3n) is 3.40. The van der Waals surface area contributed by atoms with Crippen molar-refractivity contribution in [2.24, 2.45) is 0 Å². The summed E-state index contributed by atoms with van der Waals surface area (Å²) in [5.41, 5.74) is 0.305. The van der Waals surface area contributed by atoms with Crippen LogP contribution >= 0.6 is 0 Å². The molecule has 0 spiro atoms. The predicted octanol–water partition coefficient (Wildman–Crippen LogP) is 5.80. The van der Waals surface area contributed by atoms with E-state index in [1.54, 1.807) is 0 Å². The van der Waals surface area contributed by atoms with Gasteiger partial charge in [0.15, 0.2) is 11.6 Å². The van der Waals surface area contributed by atoms with Crippen molar-refractivity contribution >= 4 is 5.78 Å². The number of likely N-dealkylation sites (N-methyl/N-ethyl adjacent to an activating group) is 2. The van der Waals surface area contributed by atoms with Crippen LogP contribution in [0.3, 0.4) is 0 Å². The molecule has 30 heavy (non-hydrogen) atoms. The first-order chi connectivity index (χ1) is 14.1. The summed E-state index contributed by atoms with van der Waals surface area (Å²) in [5, 5.41) is 0. The van der Waals surface area contributed by atoms with Crippen molar-refractivity contribution in [1.82, 2.24) is 9.80 Å². The van der Waals surface area contributed by atoms with Crippen LogP contribution in [-0.4, -0.2) is 62.2 Å². The number of hydrogen-bond donors (Lipinski definition) is 0. The van der Waals surface area contributed by atoms with Crippen molar-refractivity contribution in [3.8, 4) is 5.75 Å². The lowest BCUT2D eigenvalue weighted by molar-refractivity contribution is -0.275. The van der Waals surface area contributed by atoms with Crippen LogP contribution in [-0.2, 0) is 11.2 Å². The number of nitrogens with zero attached hydrogens (tertiary/aromatic N) is 2. The largest absolute Gasteiger partial charge is 0.573 e. The molecule has 4 nitrogen and oxygen atoms in total. The topological polar surface area (TPSA) is 32.8 Å². The number of hydrogen-bond acceptors (Lipinski definition) is 4. The van der Waals surface area contributed by atoms with Crippen LogP contribution in [0.2, 0.25) is 0 Å². The van der Waals surface area contributed by atoms with Crippen LogP contribution < -0.4 is 4.74 Å². The Labute approximate surface area is 180 Å². The van der Waals surface area contributed by atoms with E-state index >= 15 is 0 Å². The van der Waals surface area contributed by atoms with E-state index in [-0.39, 0.29) is 12.2 Å². The number of Topliss-reactive ketones (excluding diaryl/α,β-unsaturated/α-hetero) is 1. The lowest BCUT2D eigenvalue weighted by Crippen LogP contribution is -2.42. The molecule has 0 aliphatic carbocycles. The van der Waals surface area contributed by atoms with Gasteiger partial charge in [-0.2, -0.15) is 0 Å². The fourth-order valence-electron chi connectivity index (χ4n) is 2.06. The van der Waals surface area contributed by atoms with E-state index in [1.165, 1.54) is 39.2 Å². The van der Waals surface area contributed by atoms with Crippen LogP contribution in [0.1, 0.15) is 54.0 Å². The summed E-state index contributed by atoms with van der Waals surface area (Å²) in [6.45, 7) is 18.2. The second kappa shape index (κ2) is 19.3. The molecule has 0 aromatic heterocycles. The third kappa shape index (κ3) is 18.4. The first kappa shape index (κ1) is 33.0. The van der Waals surface area contributed by atoms with Crippen LogP contribution in [0.5, 0.6) is 5.75 Å². The Kier molecular flexibility index (Phi) is 21.2. The Morgan fingerprint density at radius 2 is 1.33 bits per heavy atom. The van der Waals surface area contributed by atoms with Gasteiger partial charge in [-0.1, -0.05) is 47.6 Å². The quantitative estimate of drug-likeness (QED) is 0.556. The predicted molar refractivity (Wildman–Crippen MR) is 117 cm³/mol. The molecule has 0 unspecified atom stereocenters. The normalized spacial score (nSPS) is 13.6. The smallest absolute Gasteiger partial charge is 0.403 e. The second-order valence-electron chi connectivity index (χ2n) is 5.80. The first-order valence-corrected chi connectivity index (χ1v) is 10.5. The minimum Gasteiger partial charge on any atom is -0.403 e. The van der Waals surface area contributed by atoms with E-state index in [9.17, 15) is 22.4 Å². The van der Waals surface area contributed by atoms with E-state index in [0.29, 0.717) is 5.56 Å². The number of alkyl halides is 3. The Bertz CT molecular complexity index is 534. The molecule has 1 aromatic rings. The van der Waals surface area contributed by atoms with Crippen molar-refractivity contribution in [2.75, 3.05) is 40.3 Å². The molecule has 178 valence electrons. The molecule has 0 atom stereocenters. The van der Waals surface area contributed by atoms with E-state index in [2.05, 4.69) is 28.6 Å². The number of halogens is 4. The van der Waals surface area contributed by atoms with Gasteiger partial charge in [-0.15, -0.1) is 13.2 Å². The molecule has 1 aromatic carbocycles. The summed E-state index contributed by atoms with van der Waals surface area (Å²) < 4.78 is 51.9. The van der Waals surface area contributed by atoms with Crippen molar-refractivity contribution in [3.63, 3.8) is 0 Å². The van der Waals surface area contributed by atoms with Gasteiger partial charge in [-0.3, -0.25) is 4.79 Å². The molecule has 1 heterocycles. The molecule has 0 amide bonds. The van der Waals surface area contributed by atoms with Gasteiger partial charge in [-0.25, -0.2) is 4.39 Å². The third-order valence-corrected chi connectivity index (χ3v) is 3.40. The molecule has 1 aliphatic rings. The number of benzene rings is 1. The lowest BCUT2D eigenvalue weighted by atomic mass is 10.1. The molecule has 0 N–H and O–H groups in total. The molecule has 1 aliphatic heterocycles. The first-order valence-electron chi connectivity index (χ1n) is 10.5. The fourth-order valence-corrected chi connectivity index (χ4v) is 2.06. The molecule has 0 saturated carbocycles. The highest BCUT2D eigenvalue weighted by molar-refractivity contribution is 5.78. The number of ether oxygens (including phenoxy) is 1. The molecule has 8 heteroatoms. The number of rotatable bonds is 3. The maximum atomic E-state index is 13.1. The van der Waals surface area contributed by atoms with E-state index in [1.807, 2.05) is 41.5 Å². The Hall–Kier alpha value is -1.67. The van der Waals surface area contributed by atoms with Crippen molar-refractivity contribution in [3.05, 3.63) is 29.6 Å². The van der Waals surface area contributed by atoms with Crippen LogP contribution in [0.15, 0.2) is 18.2 Å². The van der Waals surface area contributed by atoms with Crippen molar-refractivity contribution in [1.29, 1.82) is 0 Å². The average molecular weight is 441 g/mol. The molecule has 1 saturated heterocycles. The summed E-state index contributed by atoms with van der Waals surface area (Å²) in [6.07, 6.45) is -4.95. The van der Waals surface area contributed by atoms with Gasteiger partial charge in [0, 0.05) is 32.6 Å². The fraction of sp³-hybridized carbons (Fsp3) is 0.682. The Balaban J connectivity index is -0.000000436. The molecular weight excluding hydrogens is 400 g/mol. The van der Waals surface area contributed by atoms with E-state index in [0.717, 1.165) is 12.1 Å². The standard InChI is InChI=1S/C10H8F4O2.C6H14N2.3C2H6/c1-6(15)4-7-2-3-9(8(11)5-7)16-10(12,13)14;1-7-3-5-8(2)6-4-7;3*1-2/h2-3,5H,4H2,1H3;3-6H2,1-2H3;3*1-2H3. The Morgan fingerprint density at radius 1 is 0.933 bits per heavy atom. The molecular formula is C22H40F4N2O2. The number of ketones is 1. The number of carbonyl (C=O) groups is 1. The summed E-state index contributed by atoms with van der Waals surface area (Å²) >= 11 is 0. The minimum absolute atomic E-state index is 0.0246. The van der Waals surface area contributed by atoms with Gasteiger partial charge >= 0.3 is 6.36 Å². The maximum absolute atomic E-state index is 13.1. The zero-order chi connectivity index (χ0) is 24.3. The Morgan fingerprint density at radius 3 is 1.63 bits per heavy atom. The zero-order valence-electron chi connectivity index (χ0n) is 20.0. The van der Waals surface area contributed by atoms with Gasteiger partial charge in [-0.05, 0) is 38.7 Å². The van der Waals surface area contributed by atoms with Crippen LogP contribution in [0, 0.1) is 5.82 Å². The van der Waals surface area contributed by atoms with Crippen molar-refractivity contribution in [2.45, 2.75) is 61.2 Å². The highest BCUT2D eigenvalue weighted by atomic mass is 19.4. The summed E-state index contributed by atoms with van der Waals surface area (Å²) in [5.74, 6) is -2.25. The van der Waals surface area contributed by atoms with Gasteiger partial charge in [0.2, 0.25) is 0 Å². The highest BCUT2D eigenvalue weighted by Crippen LogP contribution is 2.26. The van der Waals surface area contributed by atoms with Gasteiger partial charge < -0.3 is 14.5 Å². The summed E-state index contributed by atoms with van der Waals surface area (Å²) in [7, 11) is 4.35. The summed E-state index contributed by atoms with van der Waals surface area (Å²) in [6, 6.07) is 2.91.